The number of carbonyl (C=O) groups excluding carboxylic acids is 1. The SMILES string of the molecule is C=C(C)C(=O)c1cnc(OC)cn1. The average Bonchev–Trinajstić information content (AvgIpc) is 2.17. The largest absolute Gasteiger partial charge is 0.480 e. The lowest BCUT2D eigenvalue weighted by Crippen LogP contribution is -2.03. The van der Waals surface area contributed by atoms with Crippen LogP contribution in [0.3, 0.4) is 0 Å². The van der Waals surface area contributed by atoms with E-state index >= 15 is 0 Å². The van der Waals surface area contributed by atoms with Gasteiger partial charge >= 0.3 is 0 Å². The lowest BCUT2D eigenvalue weighted by atomic mass is 10.2. The summed E-state index contributed by atoms with van der Waals surface area (Å²) in [5, 5.41) is 0. The minimum Gasteiger partial charge on any atom is -0.480 e. The number of carbonyl (C=O) groups is 1. The first kappa shape index (κ1) is 9.38. The Morgan fingerprint density at radius 1 is 1.46 bits per heavy atom. The normalized spacial score (nSPS) is 9.38. The maximum Gasteiger partial charge on any atom is 0.232 e. The highest BCUT2D eigenvalue weighted by atomic mass is 16.5. The fraction of sp³-hybridized carbons (Fsp3) is 0.222. The third-order valence-electron chi connectivity index (χ3n) is 1.46. The van der Waals surface area contributed by atoms with Gasteiger partial charge in [-0.25, -0.2) is 9.97 Å². The molecule has 0 radical (unpaired) electrons. The predicted octanol–water partition coefficient (Wildman–Crippen LogP) is 1.24. The molecule has 4 nitrogen and oxygen atoms in total. The number of rotatable bonds is 3. The molecule has 13 heavy (non-hydrogen) atoms. The molecule has 0 spiro atoms. The van der Waals surface area contributed by atoms with Gasteiger partial charge in [0.1, 0.15) is 5.69 Å². The van der Waals surface area contributed by atoms with Gasteiger partial charge in [0.25, 0.3) is 0 Å². The third kappa shape index (κ3) is 2.11. The van der Waals surface area contributed by atoms with E-state index in [4.69, 9.17) is 4.74 Å². The zero-order valence-electron chi connectivity index (χ0n) is 7.57. The first-order valence-corrected chi connectivity index (χ1v) is 3.71. The minimum atomic E-state index is -0.199. The molecule has 0 aliphatic heterocycles. The highest BCUT2D eigenvalue weighted by Gasteiger charge is 2.08. The summed E-state index contributed by atoms with van der Waals surface area (Å²) in [6.07, 6.45) is 2.77. The molecule has 0 bridgehead atoms. The van der Waals surface area contributed by atoms with Gasteiger partial charge in [-0.15, -0.1) is 0 Å². The van der Waals surface area contributed by atoms with Gasteiger partial charge in [-0.1, -0.05) is 6.58 Å². The van der Waals surface area contributed by atoms with Crippen molar-refractivity contribution in [3.63, 3.8) is 0 Å². The molecule has 0 aromatic carbocycles. The smallest absolute Gasteiger partial charge is 0.232 e. The van der Waals surface area contributed by atoms with Crippen LogP contribution in [0.15, 0.2) is 24.5 Å². The van der Waals surface area contributed by atoms with Crippen molar-refractivity contribution in [3.05, 3.63) is 30.2 Å². The standard InChI is InChI=1S/C9H10N2O2/c1-6(2)9(12)7-4-11-8(13-3)5-10-7/h4-5H,1H2,2-3H3. The number of methoxy groups -OCH3 is 1. The summed E-state index contributed by atoms with van der Waals surface area (Å²) in [4.78, 5) is 19.0. The van der Waals surface area contributed by atoms with Crippen LogP contribution in [0.2, 0.25) is 0 Å². The van der Waals surface area contributed by atoms with Crippen molar-refractivity contribution >= 4 is 5.78 Å². The van der Waals surface area contributed by atoms with Gasteiger partial charge in [0, 0.05) is 0 Å². The van der Waals surface area contributed by atoms with E-state index in [2.05, 4.69) is 16.5 Å². The van der Waals surface area contributed by atoms with Crippen LogP contribution in [0, 0.1) is 0 Å². The lowest BCUT2D eigenvalue weighted by Gasteiger charge is -1.99. The van der Waals surface area contributed by atoms with E-state index in [1.165, 1.54) is 19.5 Å². The third-order valence-corrected chi connectivity index (χ3v) is 1.46. The Morgan fingerprint density at radius 2 is 2.15 bits per heavy atom. The Labute approximate surface area is 76.3 Å². The summed E-state index contributed by atoms with van der Waals surface area (Å²) < 4.78 is 4.80. The molecule has 0 unspecified atom stereocenters. The number of ether oxygens (including phenoxy) is 1. The number of ketones is 1. The van der Waals surface area contributed by atoms with Crippen molar-refractivity contribution in [2.45, 2.75) is 6.92 Å². The van der Waals surface area contributed by atoms with E-state index in [9.17, 15) is 4.79 Å². The number of aromatic nitrogens is 2. The fourth-order valence-electron chi connectivity index (χ4n) is 0.757. The average molecular weight is 178 g/mol. The summed E-state index contributed by atoms with van der Waals surface area (Å²) in [6.45, 7) is 5.16. The number of hydrogen-bond donors (Lipinski definition) is 0. The van der Waals surface area contributed by atoms with E-state index in [-0.39, 0.29) is 11.5 Å². The van der Waals surface area contributed by atoms with Crippen LogP contribution in [0.4, 0.5) is 0 Å². The monoisotopic (exact) mass is 178 g/mol. The number of Topliss-reactive ketones (excluding diaryl/α,β-unsaturated/α-hetero) is 1. The number of nitrogens with zero attached hydrogens (tertiary/aromatic N) is 2. The molecule has 0 N–H and O–H groups in total. The Morgan fingerprint density at radius 3 is 2.54 bits per heavy atom. The van der Waals surface area contributed by atoms with Gasteiger partial charge in [-0.05, 0) is 12.5 Å². The molecule has 1 heterocycles. The Kier molecular flexibility index (Phi) is 2.74. The summed E-state index contributed by atoms with van der Waals surface area (Å²) >= 11 is 0. The fourth-order valence-corrected chi connectivity index (χ4v) is 0.757. The molecule has 0 saturated heterocycles. The highest BCUT2D eigenvalue weighted by molar-refractivity contribution is 6.06. The van der Waals surface area contributed by atoms with Crippen LogP contribution in [-0.4, -0.2) is 22.9 Å². The first-order valence-electron chi connectivity index (χ1n) is 3.71. The Balaban J connectivity index is 2.92. The maximum absolute atomic E-state index is 11.3. The topological polar surface area (TPSA) is 52.1 Å². The molecule has 1 aromatic rings. The van der Waals surface area contributed by atoms with Crippen molar-refractivity contribution in [1.29, 1.82) is 0 Å². The molecule has 0 amide bonds. The van der Waals surface area contributed by atoms with E-state index in [1.807, 2.05) is 0 Å². The van der Waals surface area contributed by atoms with Crippen LogP contribution in [0.1, 0.15) is 17.4 Å². The van der Waals surface area contributed by atoms with Crippen molar-refractivity contribution in [3.8, 4) is 5.88 Å². The quantitative estimate of drug-likeness (QED) is 0.516. The molecule has 1 aromatic heterocycles. The lowest BCUT2D eigenvalue weighted by molar-refractivity contribution is 0.103. The molecule has 1 rings (SSSR count). The summed E-state index contributed by atoms with van der Waals surface area (Å²) in [6, 6.07) is 0. The van der Waals surface area contributed by atoms with E-state index in [0.29, 0.717) is 11.5 Å². The van der Waals surface area contributed by atoms with Crippen LogP contribution in [0.5, 0.6) is 5.88 Å². The van der Waals surface area contributed by atoms with Gasteiger partial charge in [0.05, 0.1) is 19.5 Å². The van der Waals surface area contributed by atoms with Crippen LogP contribution in [0.25, 0.3) is 0 Å². The van der Waals surface area contributed by atoms with Crippen molar-refractivity contribution in [2.75, 3.05) is 7.11 Å². The highest BCUT2D eigenvalue weighted by Crippen LogP contribution is 2.06. The van der Waals surface area contributed by atoms with Gasteiger partial charge in [-0.3, -0.25) is 4.79 Å². The molecular formula is C9H10N2O2. The Bertz CT molecular complexity index is 330. The molecule has 0 fully saturated rings. The zero-order valence-corrected chi connectivity index (χ0v) is 7.57. The van der Waals surface area contributed by atoms with Crippen LogP contribution >= 0.6 is 0 Å². The summed E-state index contributed by atoms with van der Waals surface area (Å²) in [5.74, 6) is 0.188. The molecule has 0 aliphatic rings. The number of allylic oxidation sites excluding steroid dienone is 1. The molecule has 4 heteroatoms. The molecule has 0 atom stereocenters. The minimum absolute atomic E-state index is 0.199. The first-order chi connectivity index (χ1) is 6.15. The van der Waals surface area contributed by atoms with Gasteiger partial charge < -0.3 is 4.74 Å². The maximum atomic E-state index is 11.3. The van der Waals surface area contributed by atoms with Crippen molar-refractivity contribution in [1.82, 2.24) is 9.97 Å². The summed E-state index contributed by atoms with van der Waals surface area (Å²) in [5.41, 5.74) is 0.729. The van der Waals surface area contributed by atoms with Crippen LogP contribution < -0.4 is 4.74 Å². The van der Waals surface area contributed by atoms with Crippen LogP contribution in [-0.2, 0) is 0 Å². The second-order valence-electron chi connectivity index (χ2n) is 2.55. The van der Waals surface area contributed by atoms with Gasteiger partial charge in [-0.2, -0.15) is 0 Å². The molecule has 0 aliphatic carbocycles. The molecule has 0 saturated carbocycles. The van der Waals surface area contributed by atoms with Gasteiger partial charge in [0.15, 0.2) is 0 Å². The van der Waals surface area contributed by atoms with Gasteiger partial charge in [0.2, 0.25) is 11.7 Å². The number of hydrogen-bond acceptors (Lipinski definition) is 4. The van der Waals surface area contributed by atoms with E-state index in [0.717, 1.165) is 0 Å². The van der Waals surface area contributed by atoms with Crippen molar-refractivity contribution in [2.24, 2.45) is 0 Å². The molecule has 68 valence electrons. The Hall–Kier alpha value is -1.71. The second-order valence-corrected chi connectivity index (χ2v) is 2.55. The zero-order chi connectivity index (χ0) is 9.84. The molecular weight excluding hydrogens is 168 g/mol. The van der Waals surface area contributed by atoms with E-state index in [1.54, 1.807) is 6.92 Å². The van der Waals surface area contributed by atoms with E-state index < -0.39 is 0 Å². The predicted molar refractivity (Wildman–Crippen MR) is 47.7 cm³/mol. The van der Waals surface area contributed by atoms with Crippen molar-refractivity contribution < 1.29 is 9.53 Å². The summed E-state index contributed by atoms with van der Waals surface area (Å²) in [7, 11) is 1.49. The second kappa shape index (κ2) is 3.80.